The van der Waals surface area contributed by atoms with Crippen molar-refractivity contribution in [2.75, 3.05) is 36.0 Å². The van der Waals surface area contributed by atoms with Crippen LogP contribution in [0.15, 0.2) is 108 Å². The maximum atomic E-state index is 15.4. The summed E-state index contributed by atoms with van der Waals surface area (Å²) in [5, 5.41) is 19.6. The average Bonchev–Trinajstić information content (AvgIpc) is 3.36. The fourth-order valence-corrected chi connectivity index (χ4v) is 10.9. The molecular formula is C63H77N4O-. The largest absolute Gasteiger partial charge is 0.775 e. The van der Waals surface area contributed by atoms with Gasteiger partial charge in [-0.05, 0) is 111 Å². The zero-order valence-corrected chi connectivity index (χ0v) is 42.0. The lowest BCUT2D eigenvalue weighted by molar-refractivity contribution is -0.115. The monoisotopic (exact) mass is 906 g/mol. The summed E-state index contributed by atoms with van der Waals surface area (Å²) in [4.78, 5) is 24.4. The number of benzene rings is 6. The van der Waals surface area contributed by atoms with Gasteiger partial charge in [0.2, 0.25) is 5.70 Å². The number of fused-ring (bicyclic) bond motifs is 4. The van der Waals surface area contributed by atoms with Crippen LogP contribution in [0.4, 0.5) is 11.4 Å². The Morgan fingerprint density at radius 2 is 0.897 bits per heavy atom. The number of nitrogens with zero attached hydrogens (tertiary/aromatic N) is 4. The third kappa shape index (κ3) is 11.8. The number of ketones is 1. The molecule has 5 nitrogen and oxygen atoms in total. The molecule has 1 aliphatic rings. The molecule has 0 radical (unpaired) electrons. The van der Waals surface area contributed by atoms with Gasteiger partial charge < -0.3 is 15.2 Å². The SMILES string of the molecule is [C-]#[N+]C(=C=[N-])C1=C(c2ccc(N(CCCCCCC)CCCCCCC)c3cc4ccccc4cc23)C(=O)C1c1ccc(N(CCCCCCC)CCCCCCC)c2cc3ccccc3cc12. The first-order chi connectivity index (χ1) is 33.5. The zero-order valence-electron chi connectivity index (χ0n) is 42.0. The van der Waals surface area contributed by atoms with Crippen molar-refractivity contribution in [1.82, 2.24) is 0 Å². The van der Waals surface area contributed by atoms with Crippen LogP contribution in [0.3, 0.4) is 0 Å². The van der Waals surface area contributed by atoms with Crippen LogP contribution in [0.5, 0.6) is 0 Å². The van der Waals surface area contributed by atoms with Crippen LogP contribution in [0.1, 0.15) is 173 Å². The number of anilines is 2. The summed E-state index contributed by atoms with van der Waals surface area (Å²) in [6.45, 7) is 21.4. The van der Waals surface area contributed by atoms with Crippen molar-refractivity contribution in [3.8, 4) is 0 Å². The van der Waals surface area contributed by atoms with Gasteiger partial charge in [0.25, 0.3) is 0 Å². The van der Waals surface area contributed by atoms with E-state index in [-0.39, 0.29) is 11.5 Å². The second-order valence-electron chi connectivity index (χ2n) is 19.6. The Bertz CT molecular complexity index is 2740. The van der Waals surface area contributed by atoms with Crippen molar-refractivity contribution in [2.24, 2.45) is 0 Å². The minimum Gasteiger partial charge on any atom is -0.775 e. The number of carbonyl (C=O) groups is 1. The summed E-state index contributed by atoms with van der Waals surface area (Å²) in [5.74, 6) is 1.53. The van der Waals surface area contributed by atoms with E-state index in [4.69, 9.17) is 6.57 Å². The number of hydrogen-bond donors (Lipinski definition) is 0. The van der Waals surface area contributed by atoms with Crippen molar-refractivity contribution in [1.29, 1.82) is 0 Å². The topological polar surface area (TPSA) is 50.2 Å². The predicted octanol–water partition coefficient (Wildman–Crippen LogP) is 18.0. The number of allylic oxidation sites excluding steroid dienone is 2. The summed E-state index contributed by atoms with van der Waals surface area (Å²) in [6.07, 6.45) is 24.5. The van der Waals surface area contributed by atoms with Crippen molar-refractivity contribution >= 4 is 71.7 Å². The minimum atomic E-state index is -0.721. The molecule has 0 heterocycles. The molecule has 0 amide bonds. The molecule has 0 aliphatic heterocycles. The molecule has 0 spiro atoms. The van der Waals surface area contributed by atoms with Crippen LogP contribution in [0.25, 0.3) is 58.9 Å². The number of carbonyl (C=O) groups excluding carboxylic acids is 1. The lowest BCUT2D eigenvalue weighted by Crippen LogP contribution is -2.30. The van der Waals surface area contributed by atoms with Crippen molar-refractivity contribution < 1.29 is 4.79 Å². The van der Waals surface area contributed by atoms with Crippen LogP contribution in [-0.2, 0) is 4.79 Å². The van der Waals surface area contributed by atoms with Crippen LogP contribution < -0.4 is 9.80 Å². The second-order valence-corrected chi connectivity index (χ2v) is 19.6. The van der Waals surface area contributed by atoms with Gasteiger partial charge >= 0.3 is 0 Å². The van der Waals surface area contributed by atoms with Crippen LogP contribution in [-0.4, -0.2) is 37.8 Å². The van der Waals surface area contributed by atoms with Crippen molar-refractivity contribution in [3.05, 3.63) is 136 Å². The molecule has 0 bridgehead atoms. The molecule has 356 valence electrons. The average molecular weight is 906 g/mol. The Morgan fingerprint density at radius 3 is 1.31 bits per heavy atom. The predicted molar refractivity (Wildman–Crippen MR) is 296 cm³/mol. The Hall–Kier alpha value is -5.69. The molecule has 0 saturated heterocycles. The zero-order chi connectivity index (χ0) is 47.7. The lowest BCUT2D eigenvalue weighted by Gasteiger charge is -2.35. The standard InChI is InChI=1S/C63H77N4O/c1-6-10-14-18-26-38-66(39-27-19-15-11-7-2)58-36-34-51(53-42-47-30-22-24-32-49(47)44-55(53)58)60-62(57(46-64)65-5)61(63(60)68)52-35-37-59(56-45-50-33-25-23-31-48(50)43-54(52)56)67(40-28-20-16-12-8-3)41-29-21-17-13-9-4/h22-25,30-37,42-45,60H,6-21,26-29,38-41H2,1-4H3/q-1. The molecule has 0 N–H and O–H groups in total. The molecule has 6 aromatic carbocycles. The highest BCUT2D eigenvalue weighted by molar-refractivity contribution is 6.37. The van der Waals surface area contributed by atoms with Crippen LogP contribution in [0.2, 0.25) is 0 Å². The minimum absolute atomic E-state index is 0.00204. The lowest BCUT2D eigenvalue weighted by atomic mass is 9.67. The van der Waals surface area contributed by atoms with E-state index in [0.29, 0.717) is 11.1 Å². The van der Waals surface area contributed by atoms with Crippen molar-refractivity contribution in [3.63, 3.8) is 0 Å². The molecular weight excluding hydrogens is 829 g/mol. The number of hydrogen-bond acceptors (Lipinski definition) is 3. The summed E-state index contributed by atoms with van der Waals surface area (Å²) < 4.78 is 0. The molecule has 1 aliphatic carbocycles. The molecule has 0 fully saturated rings. The van der Waals surface area contributed by atoms with Crippen LogP contribution in [0, 0.1) is 6.57 Å². The highest BCUT2D eigenvalue weighted by Gasteiger charge is 2.43. The molecule has 7 rings (SSSR count). The van der Waals surface area contributed by atoms with E-state index >= 15 is 4.79 Å². The molecule has 1 unspecified atom stereocenters. The Balaban J connectivity index is 1.36. The number of unbranched alkanes of at least 4 members (excludes halogenated alkanes) is 16. The Kier molecular flexibility index (Phi) is 18.9. The Morgan fingerprint density at radius 1 is 0.515 bits per heavy atom. The molecule has 5 heteroatoms. The van der Waals surface area contributed by atoms with E-state index < -0.39 is 5.92 Å². The van der Waals surface area contributed by atoms with E-state index in [1.165, 1.54) is 119 Å². The molecule has 6 aromatic rings. The van der Waals surface area contributed by atoms with E-state index in [1.54, 1.807) is 0 Å². The van der Waals surface area contributed by atoms with Crippen LogP contribution >= 0.6 is 0 Å². The second kappa shape index (κ2) is 25.6. The first-order valence-corrected chi connectivity index (χ1v) is 26.8. The first kappa shape index (κ1) is 50.2. The smallest absolute Gasteiger partial charge is 0.210 e. The van der Waals surface area contributed by atoms with Gasteiger partial charge in [0.1, 0.15) is 0 Å². The fourth-order valence-electron chi connectivity index (χ4n) is 10.9. The Labute approximate surface area is 409 Å². The highest BCUT2D eigenvalue weighted by Crippen LogP contribution is 2.52. The van der Waals surface area contributed by atoms with Gasteiger partial charge in [-0.3, -0.25) is 10.7 Å². The highest BCUT2D eigenvalue weighted by atomic mass is 16.1. The quantitative estimate of drug-likeness (QED) is 0.0204. The van der Waals surface area contributed by atoms with Gasteiger partial charge in [0.15, 0.2) is 5.78 Å². The van der Waals surface area contributed by atoms with Gasteiger partial charge in [0, 0.05) is 53.9 Å². The first-order valence-electron chi connectivity index (χ1n) is 26.8. The van der Waals surface area contributed by atoms with Gasteiger partial charge in [0.05, 0.1) is 12.5 Å². The van der Waals surface area contributed by atoms with Crippen molar-refractivity contribution in [2.45, 2.75) is 162 Å². The molecule has 68 heavy (non-hydrogen) atoms. The van der Waals surface area contributed by atoms with Gasteiger partial charge in [-0.2, -0.15) is 0 Å². The number of rotatable bonds is 29. The normalized spacial score (nSPS) is 13.6. The maximum Gasteiger partial charge on any atom is 0.210 e. The molecule has 0 aromatic heterocycles. The van der Waals surface area contributed by atoms with Gasteiger partial charge in [-0.25, -0.2) is 4.85 Å². The summed E-state index contributed by atoms with van der Waals surface area (Å²) in [7, 11) is 0. The maximum absolute atomic E-state index is 15.4. The van der Waals surface area contributed by atoms with E-state index in [0.717, 1.165) is 101 Å². The van der Waals surface area contributed by atoms with Gasteiger partial charge in [-0.1, -0.05) is 191 Å². The van der Waals surface area contributed by atoms with Gasteiger partial charge in [-0.15, -0.1) is 0 Å². The van der Waals surface area contributed by atoms with E-state index in [2.05, 4.69) is 145 Å². The summed E-state index contributed by atoms with van der Waals surface area (Å²) in [6, 6.07) is 34.9. The summed E-state index contributed by atoms with van der Waals surface area (Å²) >= 11 is 0. The summed E-state index contributed by atoms with van der Waals surface area (Å²) in [5.41, 5.74) is 5.18. The third-order valence-electron chi connectivity index (χ3n) is 14.7. The molecule has 1 atom stereocenters. The fraction of sp³-hybridized carbons (Fsp3) is 0.460. The number of Topliss-reactive ketones (excluding diaryl/α,β-unsaturated/α-hetero) is 1. The van der Waals surface area contributed by atoms with E-state index in [9.17, 15) is 5.41 Å². The molecule has 0 saturated carbocycles. The third-order valence-corrected chi connectivity index (χ3v) is 14.7. The van der Waals surface area contributed by atoms with E-state index in [1.807, 2.05) is 0 Å².